The monoisotopic (exact) mass is 279 g/mol. The standard InChI is InChI=1S/C13H18ClN5/c14-11-5-3-10(4-6-11)9-17-12(15)18-13(16)19-7-1-2-8-19/h3-6H,1-2,7-9H2,(H4,15,16,17,18). The number of aliphatic imine (C=N–C) groups is 2. The maximum Gasteiger partial charge on any atom is 0.218 e. The third kappa shape index (κ3) is 4.13. The second kappa shape index (κ2) is 6.43. The molecule has 1 saturated heterocycles. The van der Waals surface area contributed by atoms with Crippen LogP contribution in [0.3, 0.4) is 0 Å². The molecule has 4 N–H and O–H groups in total. The Balaban J connectivity index is 1.94. The van der Waals surface area contributed by atoms with Gasteiger partial charge in [-0.25, -0.2) is 4.99 Å². The van der Waals surface area contributed by atoms with Gasteiger partial charge in [0.2, 0.25) is 5.96 Å². The van der Waals surface area contributed by atoms with Crippen molar-refractivity contribution in [2.75, 3.05) is 13.1 Å². The number of rotatable bonds is 2. The highest BCUT2D eigenvalue weighted by molar-refractivity contribution is 6.30. The Morgan fingerprint density at radius 3 is 2.42 bits per heavy atom. The van der Waals surface area contributed by atoms with Gasteiger partial charge in [0, 0.05) is 18.1 Å². The fourth-order valence-electron chi connectivity index (χ4n) is 1.93. The molecule has 1 heterocycles. The van der Waals surface area contributed by atoms with Crippen molar-refractivity contribution in [2.45, 2.75) is 19.4 Å². The van der Waals surface area contributed by atoms with Crippen LogP contribution in [0, 0.1) is 0 Å². The number of nitrogens with two attached hydrogens (primary N) is 2. The number of guanidine groups is 2. The molecule has 0 unspecified atom stereocenters. The van der Waals surface area contributed by atoms with E-state index in [4.69, 9.17) is 23.1 Å². The van der Waals surface area contributed by atoms with Crippen LogP contribution in [-0.4, -0.2) is 29.9 Å². The van der Waals surface area contributed by atoms with Crippen LogP contribution in [0.2, 0.25) is 5.02 Å². The Bertz CT molecular complexity index is 474. The Labute approximate surface area is 118 Å². The molecule has 1 aromatic rings. The minimum atomic E-state index is 0.208. The van der Waals surface area contributed by atoms with Crippen LogP contribution in [0.5, 0.6) is 0 Å². The van der Waals surface area contributed by atoms with E-state index in [0.717, 1.165) is 31.5 Å². The summed E-state index contributed by atoms with van der Waals surface area (Å²) in [6.07, 6.45) is 2.30. The molecule has 0 radical (unpaired) electrons. The van der Waals surface area contributed by atoms with E-state index in [1.54, 1.807) is 0 Å². The van der Waals surface area contributed by atoms with Crippen LogP contribution < -0.4 is 11.5 Å². The van der Waals surface area contributed by atoms with E-state index in [0.29, 0.717) is 17.5 Å². The first-order valence-corrected chi connectivity index (χ1v) is 6.66. The number of benzene rings is 1. The maximum atomic E-state index is 5.87. The van der Waals surface area contributed by atoms with Crippen LogP contribution in [0.1, 0.15) is 18.4 Å². The topological polar surface area (TPSA) is 80.0 Å². The zero-order chi connectivity index (χ0) is 13.7. The van der Waals surface area contributed by atoms with Gasteiger partial charge in [-0.15, -0.1) is 0 Å². The largest absolute Gasteiger partial charge is 0.369 e. The number of hydrogen-bond acceptors (Lipinski definition) is 1. The van der Waals surface area contributed by atoms with Gasteiger partial charge >= 0.3 is 0 Å². The number of hydrogen-bond donors (Lipinski definition) is 2. The van der Waals surface area contributed by atoms with Crippen molar-refractivity contribution in [2.24, 2.45) is 21.5 Å². The Kier molecular flexibility index (Phi) is 4.63. The van der Waals surface area contributed by atoms with Gasteiger partial charge in [-0.1, -0.05) is 23.7 Å². The summed E-state index contributed by atoms with van der Waals surface area (Å²) in [4.78, 5) is 10.3. The molecule has 102 valence electrons. The predicted molar refractivity (Wildman–Crippen MR) is 79.2 cm³/mol. The molecule has 0 spiro atoms. The highest BCUT2D eigenvalue weighted by atomic mass is 35.5. The van der Waals surface area contributed by atoms with Crippen molar-refractivity contribution < 1.29 is 0 Å². The van der Waals surface area contributed by atoms with Gasteiger partial charge in [0.15, 0.2) is 5.96 Å². The molecule has 6 heteroatoms. The summed E-state index contributed by atoms with van der Waals surface area (Å²) in [5, 5.41) is 0.706. The highest BCUT2D eigenvalue weighted by Gasteiger charge is 2.13. The van der Waals surface area contributed by atoms with Gasteiger partial charge in [-0.2, -0.15) is 4.99 Å². The van der Waals surface area contributed by atoms with E-state index < -0.39 is 0 Å². The fraction of sp³-hybridized carbons (Fsp3) is 0.385. The minimum absolute atomic E-state index is 0.208. The average Bonchev–Trinajstić information content (AvgIpc) is 2.92. The Morgan fingerprint density at radius 2 is 1.79 bits per heavy atom. The van der Waals surface area contributed by atoms with Crippen molar-refractivity contribution in [1.29, 1.82) is 0 Å². The maximum absolute atomic E-state index is 5.87. The lowest BCUT2D eigenvalue weighted by molar-refractivity contribution is 0.514. The van der Waals surface area contributed by atoms with Gasteiger partial charge in [-0.3, -0.25) is 0 Å². The van der Waals surface area contributed by atoms with E-state index in [2.05, 4.69) is 9.98 Å². The van der Waals surface area contributed by atoms with Gasteiger partial charge in [0.1, 0.15) is 0 Å². The second-order valence-corrected chi connectivity index (χ2v) is 4.90. The minimum Gasteiger partial charge on any atom is -0.369 e. The molecule has 19 heavy (non-hydrogen) atoms. The summed E-state index contributed by atoms with van der Waals surface area (Å²) in [5.41, 5.74) is 12.6. The predicted octanol–water partition coefficient (Wildman–Crippen LogP) is 1.57. The first-order chi connectivity index (χ1) is 9.15. The van der Waals surface area contributed by atoms with Crippen molar-refractivity contribution >= 4 is 23.5 Å². The summed E-state index contributed by atoms with van der Waals surface area (Å²) in [5.74, 6) is 0.661. The highest BCUT2D eigenvalue weighted by Crippen LogP contribution is 2.10. The van der Waals surface area contributed by atoms with E-state index in [1.165, 1.54) is 0 Å². The molecule has 5 nitrogen and oxygen atoms in total. The van der Waals surface area contributed by atoms with Gasteiger partial charge in [-0.05, 0) is 30.5 Å². The van der Waals surface area contributed by atoms with Crippen LogP contribution in [0.25, 0.3) is 0 Å². The van der Waals surface area contributed by atoms with Crippen molar-refractivity contribution in [1.82, 2.24) is 4.90 Å². The molecule has 2 rings (SSSR count). The average molecular weight is 280 g/mol. The number of nitrogens with zero attached hydrogens (tertiary/aromatic N) is 3. The normalized spacial score (nSPS) is 17.0. The molecule has 0 bridgehead atoms. The van der Waals surface area contributed by atoms with Gasteiger partial charge in [0.25, 0.3) is 0 Å². The van der Waals surface area contributed by atoms with Crippen LogP contribution in [0.4, 0.5) is 0 Å². The van der Waals surface area contributed by atoms with Gasteiger partial charge < -0.3 is 16.4 Å². The summed E-state index contributed by atoms with van der Waals surface area (Å²) in [7, 11) is 0. The zero-order valence-corrected chi connectivity index (χ0v) is 11.5. The smallest absolute Gasteiger partial charge is 0.218 e. The number of likely N-dealkylation sites (tertiary alicyclic amines) is 1. The lowest BCUT2D eigenvalue weighted by atomic mass is 10.2. The lowest BCUT2D eigenvalue weighted by Crippen LogP contribution is -2.36. The summed E-state index contributed by atoms with van der Waals surface area (Å²) >= 11 is 5.81. The number of halogens is 1. The molecule has 0 aromatic heterocycles. The van der Waals surface area contributed by atoms with Crippen molar-refractivity contribution in [3.8, 4) is 0 Å². The third-order valence-electron chi connectivity index (χ3n) is 3.00. The van der Waals surface area contributed by atoms with Crippen LogP contribution >= 0.6 is 11.6 Å². The molecule has 0 saturated carbocycles. The molecule has 1 aliphatic rings. The first-order valence-electron chi connectivity index (χ1n) is 6.28. The van der Waals surface area contributed by atoms with Crippen LogP contribution in [0.15, 0.2) is 34.3 Å². The molecular formula is C13H18ClN5. The van der Waals surface area contributed by atoms with Crippen molar-refractivity contribution in [3.05, 3.63) is 34.9 Å². The SMILES string of the molecule is NC(=NCc1ccc(Cl)cc1)/N=C(\N)N1CCCC1. The van der Waals surface area contributed by atoms with E-state index >= 15 is 0 Å². The van der Waals surface area contributed by atoms with E-state index in [-0.39, 0.29) is 5.96 Å². The molecule has 1 aliphatic heterocycles. The quantitative estimate of drug-likeness (QED) is 0.637. The van der Waals surface area contributed by atoms with E-state index in [1.807, 2.05) is 29.2 Å². The van der Waals surface area contributed by atoms with Crippen molar-refractivity contribution in [3.63, 3.8) is 0 Å². The summed E-state index contributed by atoms with van der Waals surface area (Å²) in [6.45, 7) is 2.36. The molecule has 0 aliphatic carbocycles. The molecule has 1 fully saturated rings. The second-order valence-electron chi connectivity index (χ2n) is 4.47. The van der Waals surface area contributed by atoms with E-state index in [9.17, 15) is 0 Å². The molecule has 0 amide bonds. The third-order valence-corrected chi connectivity index (χ3v) is 3.25. The Hall–Kier alpha value is -1.75. The summed E-state index contributed by atoms with van der Waals surface area (Å²) < 4.78 is 0. The molecule has 1 aromatic carbocycles. The zero-order valence-electron chi connectivity index (χ0n) is 10.7. The molecule has 0 atom stereocenters. The lowest BCUT2D eigenvalue weighted by Gasteiger charge is -2.15. The first kappa shape index (κ1) is 13.7. The molecular weight excluding hydrogens is 262 g/mol. The van der Waals surface area contributed by atoms with Gasteiger partial charge in [0.05, 0.1) is 6.54 Å². The van der Waals surface area contributed by atoms with Crippen LogP contribution in [-0.2, 0) is 6.54 Å². The Morgan fingerprint density at radius 1 is 1.16 bits per heavy atom. The summed E-state index contributed by atoms with van der Waals surface area (Å²) in [6, 6.07) is 7.47. The fourth-order valence-corrected chi connectivity index (χ4v) is 2.06.